The predicted molar refractivity (Wildman–Crippen MR) is 81.3 cm³/mol. The number of carbonyl (C=O) groups is 1. The van der Waals surface area contributed by atoms with Gasteiger partial charge in [0.05, 0.1) is 16.3 Å². The number of nitriles is 1. The van der Waals surface area contributed by atoms with Crippen LogP contribution in [0.5, 0.6) is 5.75 Å². The Bertz CT molecular complexity index is 743. The Labute approximate surface area is 132 Å². The lowest BCUT2D eigenvalue weighted by molar-refractivity contribution is -0.122. The average Bonchev–Trinajstić information content (AvgIpc) is 2.50. The monoisotopic (exact) mass is 318 g/mol. The van der Waals surface area contributed by atoms with Crippen LogP contribution in [-0.2, 0) is 4.79 Å². The summed E-state index contributed by atoms with van der Waals surface area (Å²) in [6, 6.07) is 12.3. The fourth-order valence-corrected chi connectivity index (χ4v) is 1.95. The Hall–Kier alpha value is -2.58. The second-order valence-electron chi connectivity index (χ2n) is 4.48. The molecule has 0 radical (unpaired) electrons. The van der Waals surface area contributed by atoms with E-state index in [1.54, 1.807) is 31.2 Å². The van der Waals surface area contributed by atoms with Crippen molar-refractivity contribution in [2.75, 3.05) is 5.32 Å². The highest BCUT2D eigenvalue weighted by Crippen LogP contribution is 2.23. The lowest BCUT2D eigenvalue weighted by Gasteiger charge is -2.16. The van der Waals surface area contributed by atoms with Crippen LogP contribution in [0, 0.1) is 17.1 Å². The van der Waals surface area contributed by atoms with Gasteiger partial charge in [0, 0.05) is 0 Å². The molecule has 0 saturated carbocycles. The Morgan fingerprint density at radius 3 is 2.77 bits per heavy atom. The summed E-state index contributed by atoms with van der Waals surface area (Å²) in [6.07, 6.45) is -0.851. The van der Waals surface area contributed by atoms with Gasteiger partial charge in [-0.3, -0.25) is 4.79 Å². The molecule has 1 N–H and O–H groups in total. The second-order valence-corrected chi connectivity index (χ2v) is 4.89. The third kappa shape index (κ3) is 3.74. The van der Waals surface area contributed by atoms with E-state index < -0.39 is 17.8 Å². The van der Waals surface area contributed by atoms with Gasteiger partial charge in [-0.05, 0) is 37.3 Å². The Morgan fingerprint density at radius 1 is 1.36 bits per heavy atom. The largest absolute Gasteiger partial charge is 0.480 e. The molecular formula is C16H12ClFN2O2. The molecule has 0 spiro atoms. The lowest BCUT2D eigenvalue weighted by Crippen LogP contribution is -2.30. The number of amides is 1. The summed E-state index contributed by atoms with van der Waals surface area (Å²) >= 11 is 5.85. The molecule has 1 unspecified atom stereocenters. The van der Waals surface area contributed by atoms with Crippen molar-refractivity contribution in [3.05, 3.63) is 58.9 Å². The van der Waals surface area contributed by atoms with Crippen molar-refractivity contribution in [2.45, 2.75) is 13.0 Å². The summed E-state index contributed by atoms with van der Waals surface area (Å²) in [5.41, 5.74) is 0.624. The van der Waals surface area contributed by atoms with Crippen molar-refractivity contribution in [3.63, 3.8) is 0 Å². The molecule has 0 fully saturated rings. The number of nitrogens with zero attached hydrogens (tertiary/aromatic N) is 1. The molecule has 0 saturated heterocycles. The van der Waals surface area contributed by atoms with E-state index in [0.29, 0.717) is 11.3 Å². The van der Waals surface area contributed by atoms with Crippen LogP contribution in [0.15, 0.2) is 42.5 Å². The van der Waals surface area contributed by atoms with Gasteiger partial charge < -0.3 is 10.1 Å². The highest BCUT2D eigenvalue weighted by Gasteiger charge is 2.17. The zero-order valence-corrected chi connectivity index (χ0v) is 12.4. The fourth-order valence-electron chi connectivity index (χ4n) is 1.73. The number of hydrogen-bond acceptors (Lipinski definition) is 3. The number of para-hydroxylation sites is 1. The smallest absolute Gasteiger partial charge is 0.265 e. The first-order valence-corrected chi connectivity index (χ1v) is 6.80. The van der Waals surface area contributed by atoms with Gasteiger partial charge in [0.1, 0.15) is 17.6 Å². The van der Waals surface area contributed by atoms with Crippen molar-refractivity contribution >= 4 is 23.2 Å². The zero-order valence-electron chi connectivity index (χ0n) is 11.6. The van der Waals surface area contributed by atoms with Gasteiger partial charge >= 0.3 is 0 Å². The number of ether oxygens (including phenoxy) is 1. The van der Waals surface area contributed by atoms with E-state index in [4.69, 9.17) is 21.6 Å². The molecule has 0 aromatic heterocycles. The minimum absolute atomic E-state index is 0.0953. The second kappa shape index (κ2) is 6.92. The number of nitrogens with one attached hydrogen (secondary N) is 1. The molecule has 22 heavy (non-hydrogen) atoms. The maximum Gasteiger partial charge on any atom is 0.265 e. The molecule has 1 amide bonds. The number of benzene rings is 2. The molecule has 0 aliphatic rings. The molecule has 6 heteroatoms. The summed E-state index contributed by atoms with van der Waals surface area (Å²) in [5.74, 6) is -0.630. The molecule has 0 heterocycles. The van der Waals surface area contributed by atoms with E-state index in [0.717, 1.165) is 6.07 Å². The lowest BCUT2D eigenvalue weighted by atomic mass is 10.2. The average molecular weight is 319 g/mol. The van der Waals surface area contributed by atoms with Crippen LogP contribution in [0.4, 0.5) is 10.1 Å². The Morgan fingerprint density at radius 2 is 2.09 bits per heavy atom. The van der Waals surface area contributed by atoms with E-state index in [1.807, 2.05) is 6.07 Å². The van der Waals surface area contributed by atoms with Crippen LogP contribution >= 0.6 is 11.6 Å². The first-order chi connectivity index (χ1) is 10.5. The van der Waals surface area contributed by atoms with E-state index >= 15 is 0 Å². The molecule has 2 rings (SSSR count). The highest BCUT2D eigenvalue weighted by atomic mass is 35.5. The summed E-state index contributed by atoms with van der Waals surface area (Å²) in [7, 11) is 0. The van der Waals surface area contributed by atoms with Crippen molar-refractivity contribution in [1.29, 1.82) is 5.26 Å². The van der Waals surface area contributed by atoms with Gasteiger partial charge in [-0.2, -0.15) is 5.26 Å². The molecule has 0 aliphatic carbocycles. The quantitative estimate of drug-likeness (QED) is 0.933. The topological polar surface area (TPSA) is 62.1 Å². The van der Waals surface area contributed by atoms with Crippen molar-refractivity contribution in [1.82, 2.24) is 0 Å². The number of rotatable bonds is 4. The molecule has 112 valence electrons. The minimum atomic E-state index is -0.851. The molecule has 2 aromatic rings. The van der Waals surface area contributed by atoms with Crippen LogP contribution in [0.1, 0.15) is 12.5 Å². The minimum Gasteiger partial charge on any atom is -0.480 e. The van der Waals surface area contributed by atoms with Gasteiger partial charge in [0.25, 0.3) is 5.91 Å². The first kappa shape index (κ1) is 15.8. The van der Waals surface area contributed by atoms with Crippen molar-refractivity contribution < 1.29 is 13.9 Å². The third-order valence-corrected chi connectivity index (χ3v) is 3.18. The van der Waals surface area contributed by atoms with Crippen LogP contribution in [0.25, 0.3) is 0 Å². The van der Waals surface area contributed by atoms with Gasteiger partial charge in [-0.25, -0.2) is 4.39 Å². The number of halogens is 2. The van der Waals surface area contributed by atoms with E-state index in [1.165, 1.54) is 12.1 Å². The maximum absolute atomic E-state index is 13.0. The van der Waals surface area contributed by atoms with E-state index in [2.05, 4.69) is 5.32 Å². The highest BCUT2D eigenvalue weighted by molar-refractivity contribution is 6.33. The van der Waals surface area contributed by atoms with Crippen LogP contribution in [0.3, 0.4) is 0 Å². The molecule has 0 bridgehead atoms. The van der Waals surface area contributed by atoms with Crippen LogP contribution < -0.4 is 10.1 Å². The molecule has 2 aromatic carbocycles. The third-order valence-electron chi connectivity index (χ3n) is 2.87. The molecule has 4 nitrogen and oxygen atoms in total. The van der Waals surface area contributed by atoms with E-state index in [-0.39, 0.29) is 10.7 Å². The van der Waals surface area contributed by atoms with Gasteiger partial charge in [0.15, 0.2) is 6.10 Å². The van der Waals surface area contributed by atoms with E-state index in [9.17, 15) is 9.18 Å². The van der Waals surface area contributed by atoms with Crippen molar-refractivity contribution in [3.8, 4) is 11.8 Å². The van der Waals surface area contributed by atoms with Gasteiger partial charge in [0.2, 0.25) is 0 Å². The summed E-state index contributed by atoms with van der Waals surface area (Å²) < 4.78 is 18.4. The Balaban J connectivity index is 2.08. The zero-order chi connectivity index (χ0) is 16.1. The van der Waals surface area contributed by atoms with Crippen LogP contribution in [-0.4, -0.2) is 12.0 Å². The summed E-state index contributed by atoms with van der Waals surface area (Å²) in [4.78, 5) is 12.1. The molecular weight excluding hydrogens is 307 g/mol. The SMILES string of the molecule is CC(Oc1ccccc1C#N)C(=O)Nc1ccc(F)cc1Cl. The maximum atomic E-state index is 13.0. The summed E-state index contributed by atoms with van der Waals surface area (Å²) in [6.45, 7) is 1.54. The molecule has 1 atom stereocenters. The van der Waals surface area contributed by atoms with Crippen LogP contribution in [0.2, 0.25) is 5.02 Å². The predicted octanol–water partition coefficient (Wildman–Crippen LogP) is 3.76. The fraction of sp³-hybridized carbons (Fsp3) is 0.125. The molecule has 0 aliphatic heterocycles. The standard InChI is InChI=1S/C16H12ClFN2O2/c1-10(22-15-5-3-2-4-11(15)9-19)16(21)20-14-7-6-12(18)8-13(14)17/h2-8,10H,1H3,(H,20,21). The Kier molecular flexibility index (Phi) is 4.97. The number of anilines is 1. The number of carbonyl (C=O) groups excluding carboxylic acids is 1. The summed E-state index contributed by atoms with van der Waals surface area (Å²) in [5, 5.41) is 11.6. The first-order valence-electron chi connectivity index (χ1n) is 6.43. The normalized spacial score (nSPS) is 11.4. The van der Waals surface area contributed by atoms with Gasteiger partial charge in [-0.15, -0.1) is 0 Å². The van der Waals surface area contributed by atoms with Gasteiger partial charge in [-0.1, -0.05) is 23.7 Å². The number of hydrogen-bond donors (Lipinski definition) is 1. The van der Waals surface area contributed by atoms with Crippen molar-refractivity contribution in [2.24, 2.45) is 0 Å².